The fourth-order valence-electron chi connectivity index (χ4n) is 1.71. The van der Waals surface area contributed by atoms with Crippen LogP contribution in [0.3, 0.4) is 0 Å². The molecular formula is C13H12F2N4O2. The van der Waals surface area contributed by atoms with E-state index in [0.29, 0.717) is 12.4 Å². The summed E-state index contributed by atoms with van der Waals surface area (Å²) < 4.78 is 27.2. The largest absolute Gasteiger partial charge is 0.370 e. The van der Waals surface area contributed by atoms with E-state index in [1.165, 1.54) is 18.2 Å². The minimum absolute atomic E-state index is 0.234. The Kier molecular flexibility index (Phi) is 4.27. The molecule has 0 bridgehead atoms. The van der Waals surface area contributed by atoms with E-state index in [9.17, 15) is 18.9 Å². The van der Waals surface area contributed by atoms with Gasteiger partial charge in [0.25, 0.3) is 0 Å². The van der Waals surface area contributed by atoms with E-state index in [4.69, 9.17) is 0 Å². The van der Waals surface area contributed by atoms with Crippen molar-refractivity contribution in [1.82, 2.24) is 4.98 Å². The van der Waals surface area contributed by atoms with Gasteiger partial charge in [0.15, 0.2) is 0 Å². The van der Waals surface area contributed by atoms with Gasteiger partial charge in [-0.1, -0.05) is 6.07 Å². The summed E-state index contributed by atoms with van der Waals surface area (Å²) in [5.41, 5.74) is -0.860. The minimum Gasteiger partial charge on any atom is -0.370 e. The Morgan fingerprint density at radius 3 is 2.48 bits per heavy atom. The monoisotopic (exact) mass is 294 g/mol. The summed E-state index contributed by atoms with van der Waals surface area (Å²) in [6.07, 6.45) is 0. The van der Waals surface area contributed by atoms with E-state index in [1.807, 2.05) is 6.92 Å². The summed E-state index contributed by atoms with van der Waals surface area (Å²) >= 11 is 0. The number of aromatic nitrogens is 1. The lowest BCUT2D eigenvalue weighted by Gasteiger charge is -2.10. The first kappa shape index (κ1) is 14.6. The molecule has 0 unspecified atom stereocenters. The van der Waals surface area contributed by atoms with Crippen LogP contribution in [0.2, 0.25) is 0 Å². The molecule has 0 aliphatic heterocycles. The minimum atomic E-state index is -0.861. The summed E-state index contributed by atoms with van der Waals surface area (Å²) in [7, 11) is 0. The fraction of sp³-hybridized carbons (Fsp3) is 0.154. The van der Waals surface area contributed by atoms with Crippen LogP contribution < -0.4 is 10.6 Å². The van der Waals surface area contributed by atoms with Gasteiger partial charge in [0, 0.05) is 12.6 Å². The lowest BCUT2D eigenvalue weighted by atomic mass is 10.2. The number of halogens is 2. The molecule has 0 saturated carbocycles. The molecule has 0 spiro atoms. The zero-order valence-corrected chi connectivity index (χ0v) is 11.1. The van der Waals surface area contributed by atoms with Gasteiger partial charge in [-0.05, 0) is 25.1 Å². The number of nitrogens with zero attached hydrogens (tertiary/aromatic N) is 2. The van der Waals surface area contributed by atoms with Crippen molar-refractivity contribution in [3.05, 3.63) is 52.1 Å². The van der Waals surface area contributed by atoms with Crippen LogP contribution in [0.5, 0.6) is 0 Å². The zero-order valence-electron chi connectivity index (χ0n) is 11.1. The predicted octanol–water partition coefficient (Wildman–Crippen LogP) is 3.44. The third-order valence-corrected chi connectivity index (χ3v) is 2.63. The highest BCUT2D eigenvalue weighted by Gasteiger charge is 2.19. The molecule has 2 aromatic rings. The van der Waals surface area contributed by atoms with Gasteiger partial charge >= 0.3 is 5.69 Å². The number of rotatable bonds is 5. The lowest BCUT2D eigenvalue weighted by molar-refractivity contribution is -0.384. The van der Waals surface area contributed by atoms with Crippen LogP contribution in [0.4, 0.5) is 31.8 Å². The van der Waals surface area contributed by atoms with Gasteiger partial charge < -0.3 is 10.6 Å². The van der Waals surface area contributed by atoms with Crippen LogP contribution >= 0.6 is 0 Å². The molecule has 1 aromatic heterocycles. The smallest absolute Gasteiger partial charge is 0.311 e. The fourth-order valence-corrected chi connectivity index (χ4v) is 1.71. The first-order valence-corrected chi connectivity index (χ1v) is 6.13. The van der Waals surface area contributed by atoms with E-state index in [1.54, 1.807) is 0 Å². The second-order valence-corrected chi connectivity index (χ2v) is 4.07. The van der Waals surface area contributed by atoms with E-state index >= 15 is 0 Å². The van der Waals surface area contributed by atoms with Crippen LogP contribution in [0.15, 0.2) is 30.3 Å². The Morgan fingerprint density at radius 1 is 1.24 bits per heavy atom. The lowest BCUT2D eigenvalue weighted by Crippen LogP contribution is -2.06. The Morgan fingerprint density at radius 2 is 1.90 bits per heavy atom. The molecule has 1 heterocycles. The summed E-state index contributed by atoms with van der Waals surface area (Å²) in [5.74, 6) is -1.59. The molecule has 0 radical (unpaired) electrons. The van der Waals surface area contributed by atoms with Gasteiger partial charge in [-0.3, -0.25) is 10.1 Å². The number of nitro groups is 1. The van der Waals surface area contributed by atoms with Crippen molar-refractivity contribution in [1.29, 1.82) is 0 Å². The number of para-hydroxylation sites is 1. The maximum Gasteiger partial charge on any atom is 0.311 e. The number of hydrogen-bond acceptors (Lipinski definition) is 5. The molecule has 0 saturated heterocycles. The summed E-state index contributed by atoms with van der Waals surface area (Å²) in [6.45, 7) is 2.38. The van der Waals surface area contributed by atoms with Crippen molar-refractivity contribution in [2.75, 3.05) is 17.2 Å². The molecule has 0 fully saturated rings. The van der Waals surface area contributed by atoms with Crippen molar-refractivity contribution >= 4 is 23.0 Å². The van der Waals surface area contributed by atoms with Gasteiger partial charge in [0.05, 0.1) is 4.92 Å². The van der Waals surface area contributed by atoms with Crippen LogP contribution in [-0.4, -0.2) is 16.5 Å². The van der Waals surface area contributed by atoms with Crippen molar-refractivity contribution < 1.29 is 13.7 Å². The number of nitrogens with one attached hydrogen (secondary N) is 2. The Bertz CT molecular complexity index is 659. The summed E-state index contributed by atoms with van der Waals surface area (Å²) in [4.78, 5) is 14.3. The normalized spacial score (nSPS) is 10.2. The number of benzene rings is 1. The highest BCUT2D eigenvalue weighted by Crippen LogP contribution is 2.29. The van der Waals surface area contributed by atoms with Gasteiger partial charge in [0.1, 0.15) is 23.1 Å². The number of anilines is 3. The molecular weight excluding hydrogens is 282 g/mol. The van der Waals surface area contributed by atoms with Crippen molar-refractivity contribution in [3.63, 3.8) is 0 Å². The van der Waals surface area contributed by atoms with Crippen LogP contribution in [0, 0.1) is 21.7 Å². The first-order valence-electron chi connectivity index (χ1n) is 6.13. The van der Waals surface area contributed by atoms with Gasteiger partial charge in [0.2, 0.25) is 5.82 Å². The van der Waals surface area contributed by atoms with E-state index < -0.39 is 22.2 Å². The van der Waals surface area contributed by atoms with Crippen LogP contribution in [0.1, 0.15) is 6.92 Å². The quantitative estimate of drug-likeness (QED) is 0.652. The summed E-state index contributed by atoms with van der Waals surface area (Å²) in [5, 5.41) is 16.2. The second-order valence-electron chi connectivity index (χ2n) is 4.07. The van der Waals surface area contributed by atoms with Crippen LogP contribution in [-0.2, 0) is 0 Å². The molecule has 8 heteroatoms. The molecule has 2 N–H and O–H groups in total. The Balaban J connectivity index is 2.46. The SMILES string of the molecule is CCNc1ccc([N+](=O)[O-])c(Nc2c(F)cccc2F)n1. The van der Waals surface area contributed by atoms with Crippen molar-refractivity contribution in [2.45, 2.75) is 6.92 Å². The molecule has 0 amide bonds. The maximum absolute atomic E-state index is 13.6. The van der Waals surface area contributed by atoms with E-state index in [-0.39, 0.29) is 11.5 Å². The molecule has 21 heavy (non-hydrogen) atoms. The zero-order chi connectivity index (χ0) is 15.4. The molecule has 6 nitrogen and oxygen atoms in total. The highest BCUT2D eigenvalue weighted by molar-refractivity contribution is 5.68. The number of pyridine rings is 1. The Hall–Kier alpha value is -2.77. The third kappa shape index (κ3) is 3.22. The molecule has 0 atom stereocenters. The summed E-state index contributed by atoms with van der Waals surface area (Å²) in [6, 6.07) is 5.93. The molecule has 0 aliphatic rings. The Labute approximate surface area is 119 Å². The topological polar surface area (TPSA) is 80.1 Å². The first-order chi connectivity index (χ1) is 10.0. The predicted molar refractivity (Wildman–Crippen MR) is 74.7 cm³/mol. The third-order valence-electron chi connectivity index (χ3n) is 2.63. The van der Waals surface area contributed by atoms with Gasteiger partial charge in [-0.2, -0.15) is 0 Å². The molecule has 2 rings (SSSR count). The maximum atomic E-state index is 13.6. The average Bonchev–Trinajstić information content (AvgIpc) is 2.43. The molecule has 110 valence electrons. The van der Waals surface area contributed by atoms with Gasteiger partial charge in [-0.15, -0.1) is 0 Å². The van der Waals surface area contributed by atoms with Gasteiger partial charge in [-0.25, -0.2) is 13.8 Å². The molecule has 0 aliphatic carbocycles. The molecule has 1 aromatic carbocycles. The second kappa shape index (κ2) is 6.12. The highest BCUT2D eigenvalue weighted by atomic mass is 19.1. The van der Waals surface area contributed by atoms with E-state index in [0.717, 1.165) is 12.1 Å². The number of hydrogen-bond donors (Lipinski definition) is 2. The van der Waals surface area contributed by atoms with Crippen LogP contribution in [0.25, 0.3) is 0 Å². The van der Waals surface area contributed by atoms with Crippen molar-refractivity contribution in [2.24, 2.45) is 0 Å². The standard InChI is InChI=1S/C13H12F2N4O2/c1-2-16-11-7-6-10(19(20)21)13(17-11)18-12-8(14)4-3-5-9(12)15/h3-7H,2H2,1H3,(H2,16,17,18). The van der Waals surface area contributed by atoms with E-state index in [2.05, 4.69) is 15.6 Å². The average molecular weight is 294 g/mol. The van der Waals surface area contributed by atoms with Crippen molar-refractivity contribution in [3.8, 4) is 0 Å².